The van der Waals surface area contributed by atoms with Gasteiger partial charge in [-0.15, -0.1) is 0 Å². The zero-order valence-corrected chi connectivity index (χ0v) is 15.8. The lowest BCUT2D eigenvalue weighted by molar-refractivity contribution is 0.0696. The molecule has 3 N–H and O–H groups in total. The predicted molar refractivity (Wildman–Crippen MR) is 112 cm³/mol. The van der Waals surface area contributed by atoms with Crippen molar-refractivity contribution >= 4 is 23.5 Å². The molecule has 0 spiro atoms. The summed E-state index contributed by atoms with van der Waals surface area (Å²) in [6.45, 7) is 0.169. The number of aromatic carboxylic acids is 1. The fraction of sp³-hybridized carbons (Fsp3) is 0.0833. The second-order valence-corrected chi connectivity index (χ2v) is 7.16. The normalized spacial score (nSPS) is 15.8. The molecule has 1 aliphatic heterocycles. The zero-order chi connectivity index (χ0) is 20.8. The molecule has 3 aromatic rings. The first kappa shape index (κ1) is 18.0. The van der Waals surface area contributed by atoms with Crippen molar-refractivity contribution in [3.8, 4) is 22.6 Å². The van der Waals surface area contributed by atoms with E-state index >= 15 is 0 Å². The van der Waals surface area contributed by atoms with E-state index in [2.05, 4.69) is 0 Å². The third-order valence-corrected chi connectivity index (χ3v) is 5.48. The second-order valence-electron chi connectivity index (χ2n) is 7.16. The predicted octanol–water partition coefficient (Wildman–Crippen LogP) is 4.36. The van der Waals surface area contributed by atoms with E-state index < -0.39 is 11.9 Å². The van der Waals surface area contributed by atoms with Crippen molar-refractivity contribution < 1.29 is 24.2 Å². The summed E-state index contributed by atoms with van der Waals surface area (Å²) in [5.41, 5.74) is 10.2. The van der Waals surface area contributed by atoms with Gasteiger partial charge in [-0.1, -0.05) is 42.5 Å². The molecule has 0 saturated carbocycles. The van der Waals surface area contributed by atoms with Gasteiger partial charge >= 0.3 is 5.97 Å². The van der Waals surface area contributed by atoms with Gasteiger partial charge < -0.3 is 20.3 Å². The van der Waals surface area contributed by atoms with Crippen LogP contribution in [0.4, 0.5) is 5.69 Å². The molecule has 0 radical (unpaired) electrons. The molecule has 0 saturated heterocycles. The third-order valence-electron chi connectivity index (χ3n) is 5.48. The van der Waals surface area contributed by atoms with Crippen LogP contribution in [0.1, 0.15) is 37.8 Å². The largest absolute Gasteiger partial charge is 0.478 e. The summed E-state index contributed by atoms with van der Waals surface area (Å²) >= 11 is 0. The Bertz CT molecular complexity index is 1240. The molecule has 148 valence electrons. The summed E-state index contributed by atoms with van der Waals surface area (Å²) in [5, 5.41) is 9.26. The number of hydrogen-bond donors (Lipinski definition) is 2. The topological polar surface area (TPSA) is 98.9 Å². The number of nitrogens with two attached hydrogens (primary N) is 1. The van der Waals surface area contributed by atoms with Crippen LogP contribution in [0.2, 0.25) is 0 Å². The van der Waals surface area contributed by atoms with Gasteiger partial charge in [-0.2, -0.15) is 0 Å². The van der Waals surface area contributed by atoms with E-state index in [1.54, 1.807) is 36.4 Å². The molecular formula is C24H17NO5. The Morgan fingerprint density at radius 3 is 2.70 bits per heavy atom. The van der Waals surface area contributed by atoms with Gasteiger partial charge in [0, 0.05) is 16.7 Å². The summed E-state index contributed by atoms with van der Waals surface area (Å²) in [4.78, 5) is 24.7. The minimum atomic E-state index is -1.02. The number of carbonyl (C=O) groups is 2. The van der Waals surface area contributed by atoms with Crippen LogP contribution in [0, 0.1) is 0 Å². The molecule has 0 amide bonds. The van der Waals surface area contributed by atoms with Gasteiger partial charge in [0.1, 0.15) is 0 Å². The highest BCUT2D eigenvalue weighted by molar-refractivity contribution is 6.10. The van der Waals surface area contributed by atoms with Crippen molar-refractivity contribution in [1.29, 1.82) is 0 Å². The smallest absolute Gasteiger partial charge is 0.335 e. The van der Waals surface area contributed by atoms with E-state index in [1.165, 1.54) is 6.07 Å². The number of ketones is 1. The fourth-order valence-electron chi connectivity index (χ4n) is 4.00. The molecule has 1 heterocycles. The number of carboxylic acid groups (broad SMARTS) is 1. The first-order chi connectivity index (χ1) is 14.5. The number of fused-ring (bicyclic) bond motifs is 3. The molecule has 6 heteroatoms. The zero-order valence-electron chi connectivity index (χ0n) is 15.8. The monoisotopic (exact) mass is 399 g/mol. The van der Waals surface area contributed by atoms with Crippen LogP contribution in [-0.2, 0) is 0 Å². The molecule has 2 aliphatic rings. The molecule has 1 unspecified atom stereocenters. The van der Waals surface area contributed by atoms with Crippen molar-refractivity contribution in [3.63, 3.8) is 0 Å². The van der Waals surface area contributed by atoms with Crippen LogP contribution < -0.4 is 15.2 Å². The lowest BCUT2D eigenvalue weighted by Crippen LogP contribution is -2.12. The van der Waals surface area contributed by atoms with Gasteiger partial charge in [0.15, 0.2) is 17.3 Å². The lowest BCUT2D eigenvalue weighted by Gasteiger charge is -2.15. The number of anilines is 1. The first-order valence-electron chi connectivity index (χ1n) is 9.41. The van der Waals surface area contributed by atoms with Crippen LogP contribution in [0.3, 0.4) is 0 Å². The average molecular weight is 399 g/mol. The first-order valence-corrected chi connectivity index (χ1v) is 9.41. The standard InChI is InChI=1S/C24H17NO5/c25-21-15(13-3-1-4-14(11-13)24(27)28)5-2-6-19(21)22(26)17-7-8-18-16(17)9-10-20-23(18)30-12-29-20/h1-11,17H,12,25H2,(H,27,28). The molecule has 30 heavy (non-hydrogen) atoms. The molecule has 6 nitrogen and oxygen atoms in total. The number of carboxylic acids is 1. The van der Waals surface area contributed by atoms with Crippen molar-refractivity contribution in [1.82, 2.24) is 0 Å². The lowest BCUT2D eigenvalue weighted by atomic mass is 9.89. The number of Topliss-reactive ketones (excluding diaryl/α,β-unsaturated/α-hetero) is 1. The van der Waals surface area contributed by atoms with E-state index in [9.17, 15) is 14.7 Å². The van der Waals surface area contributed by atoms with Crippen LogP contribution >= 0.6 is 0 Å². The summed E-state index contributed by atoms with van der Waals surface area (Å²) in [5.74, 6) is -0.290. The van der Waals surface area contributed by atoms with Gasteiger partial charge in [0.25, 0.3) is 0 Å². The van der Waals surface area contributed by atoms with Gasteiger partial charge in [0.2, 0.25) is 6.79 Å². The minimum absolute atomic E-state index is 0.127. The quantitative estimate of drug-likeness (QED) is 0.500. The van der Waals surface area contributed by atoms with Crippen LogP contribution in [0.25, 0.3) is 17.2 Å². The molecule has 1 atom stereocenters. The van der Waals surface area contributed by atoms with E-state index in [1.807, 2.05) is 24.3 Å². The molecule has 5 rings (SSSR count). The minimum Gasteiger partial charge on any atom is -0.478 e. The summed E-state index contributed by atoms with van der Waals surface area (Å²) in [7, 11) is 0. The van der Waals surface area contributed by atoms with E-state index in [-0.39, 0.29) is 18.1 Å². The van der Waals surface area contributed by atoms with Crippen molar-refractivity contribution in [2.45, 2.75) is 5.92 Å². The van der Waals surface area contributed by atoms with Gasteiger partial charge in [-0.25, -0.2) is 4.79 Å². The number of ether oxygens (including phenoxy) is 2. The molecule has 0 bridgehead atoms. The Hall–Kier alpha value is -4.06. The fourth-order valence-corrected chi connectivity index (χ4v) is 4.00. The maximum Gasteiger partial charge on any atom is 0.335 e. The highest BCUT2D eigenvalue weighted by atomic mass is 16.7. The second kappa shape index (κ2) is 6.77. The molecule has 1 aliphatic carbocycles. The van der Waals surface area contributed by atoms with Crippen molar-refractivity contribution in [2.24, 2.45) is 0 Å². The number of carbonyl (C=O) groups excluding carboxylic acids is 1. The maximum absolute atomic E-state index is 13.4. The molecule has 3 aromatic carbocycles. The summed E-state index contributed by atoms with van der Waals surface area (Å²) in [6.07, 6.45) is 3.72. The Morgan fingerprint density at radius 2 is 1.87 bits per heavy atom. The highest BCUT2D eigenvalue weighted by Gasteiger charge is 2.31. The van der Waals surface area contributed by atoms with E-state index in [4.69, 9.17) is 15.2 Å². The molecule has 0 aromatic heterocycles. The summed E-state index contributed by atoms with van der Waals surface area (Å²) in [6, 6.07) is 15.4. The van der Waals surface area contributed by atoms with E-state index in [0.717, 1.165) is 11.1 Å². The number of rotatable bonds is 4. The Kier molecular flexibility index (Phi) is 4.06. The molecule has 0 fully saturated rings. The van der Waals surface area contributed by atoms with E-state index in [0.29, 0.717) is 33.9 Å². The van der Waals surface area contributed by atoms with Gasteiger partial charge in [0.05, 0.1) is 17.2 Å². The van der Waals surface area contributed by atoms with Crippen molar-refractivity contribution in [2.75, 3.05) is 12.5 Å². The van der Waals surface area contributed by atoms with Gasteiger partial charge in [-0.3, -0.25) is 4.79 Å². The highest BCUT2D eigenvalue weighted by Crippen LogP contribution is 2.45. The van der Waals surface area contributed by atoms with Crippen LogP contribution in [0.5, 0.6) is 11.5 Å². The Labute approximate surface area is 172 Å². The Balaban J connectivity index is 1.54. The SMILES string of the molecule is Nc1c(C(=O)C2C=Cc3c2ccc2c3OCO2)cccc1-c1cccc(C(=O)O)c1. The number of para-hydroxylation sites is 1. The molecular weight excluding hydrogens is 382 g/mol. The Morgan fingerprint density at radius 1 is 1.03 bits per heavy atom. The van der Waals surface area contributed by atoms with Gasteiger partial charge in [-0.05, 0) is 35.4 Å². The third kappa shape index (κ3) is 2.73. The van der Waals surface area contributed by atoms with Crippen LogP contribution in [-0.4, -0.2) is 23.7 Å². The number of benzene rings is 3. The number of allylic oxidation sites excluding steroid dienone is 1. The average Bonchev–Trinajstić information content (AvgIpc) is 3.40. The summed E-state index contributed by atoms with van der Waals surface area (Å²) < 4.78 is 11.0. The maximum atomic E-state index is 13.4. The van der Waals surface area contributed by atoms with Crippen molar-refractivity contribution in [3.05, 3.63) is 82.9 Å². The number of hydrogen-bond acceptors (Lipinski definition) is 5. The number of nitrogen functional groups attached to an aromatic ring is 1. The van der Waals surface area contributed by atoms with Crippen LogP contribution in [0.15, 0.2) is 60.7 Å².